The van der Waals surface area contributed by atoms with Gasteiger partial charge in [-0.15, -0.1) is 0 Å². The molecule has 1 aliphatic rings. The monoisotopic (exact) mass is 363 g/mol. The SMILES string of the molecule is O=C(NCc1ccncc1)C1CCN(C(=O)c2n[nH]c3ccccc23)CC1. The molecule has 0 radical (unpaired) electrons. The number of hydrogen-bond donors (Lipinski definition) is 2. The molecule has 0 unspecified atom stereocenters. The van der Waals surface area contributed by atoms with Gasteiger partial charge in [0.15, 0.2) is 5.69 Å². The van der Waals surface area contributed by atoms with E-state index in [-0.39, 0.29) is 17.7 Å². The van der Waals surface area contributed by atoms with E-state index >= 15 is 0 Å². The summed E-state index contributed by atoms with van der Waals surface area (Å²) in [6, 6.07) is 11.4. The number of carbonyl (C=O) groups excluding carboxylic acids is 2. The summed E-state index contributed by atoms with van der Waals surface area (Å²) in [4.78, 5) is 31.0. The highest BCUT2D eigenvalue weighted by atomic mass is 16.2. The van der Waals surface area contributed by atoms with E-state index in [1.54, 1.807) is 17.3 Å². The van der Waals surface area contributed by atoms with Crippen LogP contribution in [0.2, 0.25) is 0 Å². The molecular formula is C20H21N5O2. The molecule has 1 aliphatic heterocycles. The fraction of sp³-hybridized carbons (Fsp3) is 0.300. The summed E-state index contributed by atoms with van der Waals surface area (Å²) >= 11 is 0. The minimum atomic E-state index is -0.0805. The number of likely N-dealkylation sites (tertiary alicyclic amines) is 1. The summed E-state index contributed by atoms with van der Waals surface area (Å²) < 4.78 is 0. The van der Waals surface area contributed by atoms with E-state index in [9.17, 15) is 9.59 Å². The van der Waals surface area contributed by atoms with Crippen LogP contribution < -0.4 is 5.32 Å². The van der Waals surface area contributed by atoms with Crippen molar-refractivity contribution in [3.8, 4) is 0 Å². The molecular weight excluding hydrogens is 342 g/mol. The Kier molecular flexibility index (Phi) is 4.82. The number of nitrogens with one attached hydrogen (secondary N) is 2. The third-order valence-electron chi connectivity index (χ3n) is 5.04. The molecule has 1 aromatic carbocycles. The van der Waals surface area contributed by atoms with Crippen molar-refractivity contribution >= 4 is 22.7 Å². The number of rotatable bonds is 4. The van der Waals surface area contributed by atoms with Crippen molar-refractivity contribution < 1.29 is 9.59 Å². The molecule has 0 aliphatic carbocycles. The minimum absolute atomic E-state index is 0.0455. The number of fused-ring (bicyclic) bond motifs is 1. The molecule has 7 heteroatoms. The van der Waals surface area contributed by atoms with Gasteiger partial charge in [-0.3, -0.25) is 19.7 Å². The Balaban J connectivity index is 1.33. The summed E-state index contributed by atoms with van der Waals surface area (Å²) in [5.41, 5.74) is 2.33. The van der Waals surface area contributed by atoms with Crippen LogP contribution in [0.1, 0.15) is 28.9 Å². The quantitative estimate of drug-likeness (QED) is 0.743. The molecule has 0 bridgehead atoms. The third kappa shape index (κ3) is 3.67. The van der Waals surface area contributed by atoms with Crippen molar-refractivity contribution in [2.75, 3.05) is 13.1 Å². The molecule has 2 N–H and O–H groups in total. The zero-order chi connectivity index (χ0) is 18.6. The first kappa shape index (κ1) is 17.2. The van der Waals surface area contributed by atoms with Crippen LogP contribution in [0.25, 0.3) is 10.9 Å². The Hall–Kier alpha value is -3.22. The average molecular weight is 363 g/mol. The lowest BCUT2D eigenvalue weighted by atomic mass is 9.95. The van der Waals surface area contributed by atoms with Crippen LogP contribution in [0.5, 0.6) is 0 Å². The van der Waals surface area contributed by atoms with Gasteiger partial charge in [0.25, 0.3) is 5.91 Å². The second-order valence-electron chi connectivity index (χ2n) is 6.76. The minimum Gasteiger partial charge on any atom is -0.352 e. The summed E-state index contributed by atoms with van der Waals surface area (Å²) in [5.74, 6) is -0.0981. The van der Waals surface area contributed by atoms with Gasteiger partial charge in [-0.1, -0.05) is 18.2 Å². The first-order valence-corrected chi connectivity index (χ1v) is 9.11. The number of para-hydroxylation sites is 1. The van der Waals surface area contributed by atoms with Crippen LogP contribution in [-0.4, -0.2) is 45.0 Å². The van der Waals surface area contributed by atoms with Crippen LogP contribution in [0.4, 0.5) is 0 Å². The molecule has 27 heavy (non-hydrogen) atoms. The van der Waals surface area contributed by atoms with Gasteiger partial charge in [0.2, 0.25) is 5.91 Å². The zero-order valence-corrected chi connectivity index (χ0v) is 14.9. The molecule has 0 saturated carbocycles. The summed E-state index contributed by atoms with van der Waals surface area (Å²) in [6.07, 6.45) is 4.75. The number of pyridine rings is 1. The van der Waals surface area contributed by atoms with E-state index in [0.717, 1.165) is 16.5 Å². The number of H-pyrrole nitrogens is 1. The molecule has 0 atom stereocenters. The van der Waals surface area contributed by atoms with Gasteiger partial charge in [-0.2, -0.15) is 5.10 Å². The lowest BCUT2D eigenvalue weighted by Gasteiger charge is -2.31. The highest BCUT2D eigenvalue weighted by molar-refractivity contribution is 6.04. The van der Waals surface area contributed by atoms with Gasteiger partial charge in [-0.25, -0.2) is 0 Å². The van der Waals surface area contributed by atoms with E-state index in [4.69, 9.17) is 0 Å². The standard InChI is InChI=1S/C20H21N5O2/c26-19(22-13-14-5-9-21-10-6-14)15-7-11-25(12-8-15)20(27)18-16-3-1-2-4-17(16)23-24-18/h1-6,9-10,15H,7-8,11-13H2,(H,22,26)(H,23,24). The Morgan fingerprint density at radius 3 is 2.63 bits per heavy atom. The van der Waals surface area contributed by atoms with Crippen molar-refractivity contribution in [1.29, 1.82) is 0 Å². The predicted octanol–water partition coefficient (Wildman–Crippen LogP) is 2.13. The maximum absolute atomic E-state index is 12.8. The van der Waals surface area contributed by atoms with Crippen molar-refractivity contribution in [1.82, 2.24) is 25.4 Å². The average Bonchev–Trinajstić information content (AvgIpc) is 3.16. The van der Waals surface area contributed by atoms with Crippen molar-refractivity contribution in [3.63, 3.8) is 0 Å². The summed E-state index contributed by atoms with van der Waals surface area (Å²) in [6.45, 7) is 1.63. The van der Waals surface area contributed by atoms with Crippen LogP contribution >= 0.6 is 0 Å². The van der Waals surface area contributed by atoms with E-state index in [1.807, 2.05) is 36.4 Å². The van der Waals surface area contributed by atoms with Gasteiger partial charge in [0.05, 0.1) is 5.52 Å². The van der Waals surface area contributed by atoms with Crippen LogP contribution in [0, 0.1) is 5.92 Å². The molecule has 7 nitrogen and oxygen atoms in total. The van der Waals surface area contributed by atoms with Crippen LogP contribution in [-0.2, 0) is 11.3 Å². The molecule has 138 valence electrons. The summed E-state index contributed by atoms with van der Waals surface area (Å²) in [7, 11) is 0. The Bertz CT molecular complexity index is 945. The molecule has 1 fully saturated rings. The Morgan fingerprint density at radius 2 is 1.85 bits per heavy atom. The number of amides is 2. The van der Waals surface area contributed by atoms with Gasteiger partial charge in [-0.05, 0) is 36.6 Å². The Morgan fingerprint density at radius 1 is 1.11 bits per heavy atom. The lowest BCUT2D eigenvalue weighted by Crippen LogP contribution is -2.43. The highest BCUT2D eigenvalue weighted by Crippen LogP contribution is 2.22. The number of benzene rings is 1. The number of hydrogen-bond acceptors (Lipinski definition) is 4. The fourth-order valence-corrected chi connectivity index (χ4v) is 3.46. The van der Waals surface area contributed by atoms with Gasteiger partial charge < -0.3 is 10.2 Å². The van der Waals surface area contributed by atoms with Crippen molar-refractivity contribution in [2.24, 2.45) is 5.92 Å². The molecule has 0 spiro atoms. The Labute approximate surface area is 156 Å². The smallest absolute Gasteiger partial charge is 0.274 e. The first-order chi connectivity index (χ1) is 13.2. The van der Waals surface area contributed by atoms with Crippen molar-refractivity contribution in [3.05, 3.63) is 60.0 Å². The van der Waals surface area contributed by atoms with E-state index in [1.165, 1.54) is 0 Å². The fourth-order valence-electron chi connectivity index (χ4n) is 3.46. The number of carbonyl (C=O) groups is 2. The largest absolute Gasteiger partial charge is 0.352 e. The second-order valence-corrected chi connectivity index (χ2v) is 6.76. The second kappa shape index (κ2) is 7.57. The van der Waals surface area contributed by atoms with Crippen molar-refractivity contribution in [2.45, 2.75) is 19.4 Å². The number of aromatic amines is 1. The highest BCUT2D eigenvalue weighted by Gasteiger charge is 2.29. The molecule has 3 heterocycles. The third-order valence-corrected chi connectivity index (χ3v) is 5.04. The molecule has 2 aromatic heterocycles. The normalized spacial score (nSPS) is 15.0. The first-order valence-electron chi connectivity index (χ1n) is 9.11. The summed E-state index contributed by atoms with van der Waals surface area (Å²) in [5, 5.41) is 10.9. The maximum Gasteiger partial charge on any atom is 0.274 e. The topological polar surface area (TPSA) is 91.0 Å². The van der Waals surface area contributed by atoms with Gasteiger partial charge in [0.1, 0.15) is 0 Å². The van der Waals surface area contributed by atoms with E-state index < -0.39 is 0 Å². The predicted molar refractivity (Wildman–Crippen MR) is 101 cm³/mol. The molecule has 4 rings (SSSR count). The maximum atomic E-state index is 12.8. The van der Waals surface area contributed by atoms with E-state index in [0.29, 0.717) is 38.2 Å². The van der Waals surface area contributed by atoms with Gasteiger partial charge >= 0.3 is 0 Å². The zero-order valence-electron chi connectivity index (χ0n) is 14.9. The number of aromatic nitrogens is 3. The van der Waals surface area contributed by atoms with E-state index in [2.05, 4.69) is 20.5 Å². The molecule has 3 aromatic rings. The molecule has 2 amide bonds. The van der Waals surface area contributed by atoms with Crippen LogP contribution in [0.3, 0.4) is 0 Å². The molecule has 1 saturated heterocycles. The lowest BCUT2D eigenvalue weighted by molar-refractivity contribution is -0.126. The number of nitrogens with zero attached hydrogens (tertiary/aromatic N) is 3. The number of piperidine rings is 1. The van der Waals surface area contributed by atoms with Crippen LogP contribution in [0.15, 0.2) is 48.8 Å². The van der Waals surface area contributed by atoms with Gasteiger partial charge in [0, 0.05) is 43.3 Å².